The zero-order valence-electron chi connectivity index (χ0n) is 8.42. The molecule has 0 atom stereocenters. The lowest BCUT2D eigenvalue weighted by Crippen LogP contribution is -2.28. The molecule has 0 bridgehead atoms. The van der Waals surface area contributed by atoms with Crippen molar-refractivity contribution in [3.63, 3.8) is 0 Å². The molecule has 0 aliphatic carbocycles. The Hall–Kier alpha value is -0.820. The van der Waals surface area contributed by atoms with Crippen LogP contribution in [-0.2, 0) is 0 Å². The van der Waals surface area contributed by atoms with Gasteiger partial charge in [-0.3, -0.25) is 0 Å². The van der Waals surface area contributed by atoms with Gasteiger partial charge in [-0.25, -0.2) is 0 Å². The van der Waals surface area contributed by atoms with E-state index in [1.807, 2.05) is 6.08 Å². The average molecular weight is 177 g/mol. The molecule has 1 nitrogen and oxygen atoms in total. The first kappa shape index (κ1) is 10.3. The van der Waals surface area contributed by atoms with Gasteiger partial charge in [-0.1, -0.05) is 30.9 Å². The Morgan fingerprint density at radius 3 is 2.62 bits per heavy atom. The van der Waals surface area contributed by atoms with Crippen molar-refractivity contribution < 1.29 is 0 Å². The van der Waals surface area contributed by atoms with Crippen molar-refractivity contribution in [2.45, 2.75) is 19.8 Å². The highest BCUT2D eigenvalue weighted by Gasteiger charge is 2.14. The average Bonchev–Trinajstić information content (AvgIpc) is 2.19. The molecule has 1 rings (SSSR count). The third-order valence-corrected chi connectivity index (χ3v) is 2.48. The Kier molecular flexibility index (Phi) is 4.55. The molecule has 0 aromatic carbocycles. The summed E-state index contributed by atoms with van der Waals surface area (Å²) in [6.07, 6.45) is 10.8. The smallest absolute Gasteiger partial charge is 0.00431 e. The third kappa shape index (κ3) is 3.19. The van der Waals surface area contributed by atoms with Gasteiger partial charge in [0.1, 0.15) is 0 Å². The highest BCUT2D eigenvalue weighted by atomic mass is 14.9. The molecular weight excluding hydrogens is 158 g/mol. The second-order valence-electron chi connectivity index (χ2n) is 3.43. The van der Waals surface area contributed by atoms with Gasteiger partial charge in [0.2, 0.25) is 0 Å². The molecule has 72 valence electrons. The molecule has 0 aromatic rings. The molecular formula is C12H19N. The quantitative estimate of drug-likeness (QED) is 0.653. The van der Waals surface area contributed by atoms with E-state index in [1.165, 1.54) is 18.4 Å². The summed E-state index contributed by atoms with van der Waals surface area (Å²) in [7, 11) is 0. The number of nitrogens with one attached hydrogen (secondary N) is 1. The zero-order valence-corrected chi connectivity index (χ0v) is 8.42. The minimum absolute atomic E-state index is 0.732. The lowest BCUT2D eigenvalue weighted by molar-refractivity contribution is 0.425. The number of allylic oxidation sites excluding steroid dienone is 5. The minimum Gasteiger partial charge on any atom is -0.317 e. The van der Waals surface area contributed by atoms with E-state index in [9.17, 15) is 0 Å². The lowest BCUT2D eigenvalue weighted by atomic mass is 9.89. The van der Waals surface area contributed by atoms with Gasteiger partial charge < -0.3 is 5.32 Å². The van der Waals surface area contributed by atoms with Crippen molar-refractivity contribution in [3.8, 4) is 0 Å². The maximum absolute atomic E-state index is 3.75. The summed E-state index contributed by atoms with van der Waals surface area (Å²) < 4.78 is 0. The summed E-state index contributed by atoms with van der Waals surface area (Å²) >= 11 is 0. The number of rotatable bonds is 3. The van der Waals surface area contributed by atoms with Gasteiger partial charge in [-0.15, -0.1) is 0 Å². The van der Waals surface area contributed by atoms with Gasteiger partial charge in [-0.2, -0.15) is 0 Å². The van der Waals surface area contributed by atoms with E-state index in [4.69, 9.17) is 0 Å². The molecule has 0 unspecified atom stereocenters. The van der Waals surface area contributed by atoms with E-state index >= 15 is 0 Å². The predicted molar refractivity (Wildman–Crippen MR) is 58.7 cm³/mol. The second-order valence-corrected chi connectivity index (χ2v) is 3.43. The molecule has 13 heavy (non-hydrogen) atoms. The fraction of sp³-hybridized carbons (Fsp3) is 0.500. The van der Waals surface area contributed by atoms with Crippen molar-refractivity contribution in [1.29, 1.82) is 0 Å². The van der Waals surface area contributed by atoms with Gasteiger partial charge in [0.15, 0.2) is 0 Å². The highest BCUT2D eigenvalue weighted by molar-refractivity contribution is 5.25. The summed E-state index contributed by atoms with van der Waals surface area (Å²) in [6, 6.07) is 0. The van der Waals surface area contributed by atoms with Crippen LogP contribution in [0.1, 0.15) is 19.8 Å². The summed E-state index contributed by atoms with van der Waals surface area (Å²) in [5.74, 6) is 0.732. The summed E-state index contributed by atoms with van der Waals surface area (Å²) in [5, 5.41) is 3.38. The van der Waals surface area contributed by atoms with E-state index in [-0.39, 0.29) is 0 Å². The fourth-order valence-electron chi connectivity index (χ4n) is 1.81. The van der Waals surface area contributed by atoms with Crippen LogP contribution in [0.3, 0.4) is 0 Å². The van der Waals surface area contributed by atoms with Crippen LogP contribution in [0.25, 0.3) is 0 Å². The van der Waals surface area contributed by atoms with Crippen LogP contribution >= 0.6 is 0 Å². The molecule has 0 spiro atoms. The maximum Gasteiger partial charge on any atom is -0.00431 e. The van der Waals surface area contributed by atoms with E-state index in [1.54, 1.807) is 0 Å². The molecule has 1 aliphatic rings. The molecule has 0 saturated carbocycles. The molecule has 1 heterocycles. The first-order chi connectivity index (χ1) is 6.38. The van der Waals surface area contributed by atoms with Crippen LogP contribution < -0.4 is 5.32 Å². The summed E-state index contributed by atoms with van der Waals surface area (Å²) in [6.45, 7) is 8.12. The van der Waals surface area contributed by atoms with E-state index in [2.05, 4.69) is 37.0 Å². The normalized spacial score (nSPS) is 20.8. The van der Waals surface area contributed by atoms with E-state index < -0.39 is 0 Å². The third-order valence-electron chi connectivity index (χ3n) is 2.48. The van der Waals surface area contributed by atoms with E-state index in [0.29, 0.717) is 0 Å². The molecule has 1 N–H and O–H groups in total. The van der Waals surface area contributed by atoms with Crippen LogP contribution in [0.15, 0.2) is 36.5 Å². The van der Waals surface area contributed by atoms with Crippen LogP contribution in [0.2, 0.25) is 0 Å². The van der Waals surface area contributed by atoms with Crippen LogP contribution in [-0.4, -0.2) is 13.1 Å². The van der Waals surface area contributed by atoms with Crippen molar-refractivity contribution in [2.24, 2.45) is 5.92 Å². The van der Waals surface area contributed by atoms with Gasteiger partial charge >= 0.3 is 0 Å². The Morgan fingerprint density at radius 2 is 2.08 bits per heavy atom. The largest absolute Gasteiger partial charge is 0.317 e. The number of hydrogen-bond donors (Lipinski definition) is 1. The van der Waals surface area contributed by atoms with Crippen molar-refractivity contribution in [3.05, 3.63) is 36.5 Å². The number of hydrogen-bond acceptors (Lipinski definition) is 1. The van der Waals surface area contributed by atoms with Gasteiger partial charge in [0, 0.05) is 0 Å². The predicted octanol–water partition coefficient (Wildman–Crippen LogP) is 2.67. The highest BCUT2D eigenvalue weighted by Crippen LogP contribution is 2.22. The second kappa shape index (κ2) is 5.76. The Morgan fingerprint density at radius 1 is 1.38 bits per heavy atom. The van der Waals surface area contributed by atoms with Gasteiger partial charge in [0.05, 0.1) is 0 Å². The molecule has 1 saturated heterocycles. The van der Waals surface area contributed by atoms with Crippen LogP contribution in [0.4, 0.5) is 0 Å². The molecule has 1 heteroatoms. The van der Waals surface area contributed by atoms with Crippen molar-refractivity contribution in [2.75, 3.05) is 13.1 Å². The zero-order chi connectivity index (χ0) is 9.52. The van der Waals surface area contributed by atoms with Crippen LogP contribution in [0.5, 0.6) is 0 Å². The minimum atomic E-state index is 0.732. The molecule has 0 aromatic heterocycles. The lowest BCUT2D eigenvalue weighted by Gasteiger charge is -2.23. The molecule has 1 aliphatic heterocycles. The molecule has 0 amide bonds. The molecule has 1 fully saturated rings. The summed E-state index contributed by atoms with van der Waals surface area (Å²) in [4.78, 5) is 0. The first-order valence-corrected chi connectivity index (χ1v) is 5.04. The van der Waals surface area contributed by atoms with Crippen molar-refractivity contribution in [1.82, 2.24) is 5.32 Å². The SMILES string of the molecule is C=C/C=C(\C=C/C)C1CCNCC1. The molecule has 0 radical (unpaired) electrons. The topological polar surface area (TPSA) is 12.0 Å². The Balaban J connectivity index is 2.62. The van der Waals surface area contributed by atoms with E-state index in [0.717, 1.165) is 19.0 Å². The monoisotopic (exact) mass is 177 g/mol. The fourth-order valence-corrected chi connectivity index (χ4v) is 1.81. The summed E-state index contributed by atoms with van der Waals surface area (Å²) in [5.41, 5.74) is 1.43. The van der Waals surface area contributed by atoms with Gasteiger partial charge in [-0.05, 0) is 44.3 Å². The standard InChI is InChI=1S/C12H19N/c1-3-5-11(6-4-2)12-7-9-13-10-8-12/h3-6,12-13H,1,7-10H2,2H3/b6-4-,11-5+. The van der Waals surface area contributed by atoms with Crippen molar-refractivity contribution >= 4 is 0 Å². The Bertz CT molecular complexity index is 207. The number of piperidine rings is 1. The van der Waals surface area contributed by atoms with Gasteiger partial charge in [0.25, 0.3) is 0 Å². The van der Waals surface area contributed by atoms with Crippen LogP contribution in [0, 0.1) is 5.92 Å². The first-order valence-electron chi connectivity index (χ1n) is 5.04. The Labute approximate surface area is 81.2 Å². The maximum atomic E-state index is 3.75.